The van der Waals surface area contributed by atoms with Crippen molar-refractivity contribution in [2.45, 2.75) is 13.3 Å². The maximum atomic E-state index is 14.9. The normalized spacial score (nSPS) is 13.9. The second kappa shape index (κ2) is 11.5. The first-order valence-electron chi connectivity index (χ1n) is 13.0. The largest absolute Gasteiger partial charge is 0.494 e. The van der Waals surface area contributed by atoms with Gasteiger partial charge < -0.3 is 23.7 Å². The van der Waals surface area contributed by atoms with Crippen molar-refractivity contribution in [1.82, 2.24) is 9.88 Å². The Kier molecular flexibility index (Phi) is 7.84. The molecule has 1 saturated heterocycles. The Morgan fingerprint density at radius 3 is 2.32 bits per heavy atom. The van der Waals surface area contributed by atoms with E-state index in [-0.39, 0.29) is 40.5 Å². The van der Waals surface area contributed by atoms with E-state index in [1.165, 1.54) is 20.3 Å². The van der Waals surface area contributed by atoms with E-state index in [4.69, 9.17) is 13.9 Å². The van der Waals surface area contributed by atoms with Crippen molar-refractivity contribution < 1.29 is 32.4 Å². The fourth-order valence-electron chi connectivity index (χ4n) is 4.97. The number of fused-ring (bicyclic) bond motifs is 1. The number of methoxy groups -OCH3 is 2. The van der Waals surface area contributed by atoms with Gasteiger partial charge in [0.1, 0.15) is 11.1 Å². The van der Waals surface area contributed by atoms with Gasteiger partial charge in [-0.25, -0.2) is 13.8 Å². The van der Waals surface area contributed by atoms with Gasteiger partial charge in [-0.15, -0.1) is 0 Å². The lowest BCUT2D eigenvalue weighted by Crippen LogP contribution is -2.46. The van der Waals surface area contributed by atoms with Crippen molar-refractivity contribution in [3.8, 4) is 11.5 Å². The van der Waals surface area contributed by atoms with Crippen LogP contribution in [0.1, 0.15) is 34.3 Å². The van der Waals surface area contributed by atoms with Gasteiger partial charge in [0, 0.05) is 67.7 Å². The predicted octanol–water partition coefficient (Wildman–Crippen LogP) is 5.00. The summed E-state index contributed by atoms with van der Waals surface area (Å²) in [7, 11) is 2.37. The van der Waals surface area contributed by atoms with Crippen LogP contribution in [0.4, 0.5) is 20.2 Å². The van der Waals surface area contributed by atoms with Gasteiger partial charge in [0.05, 0.1) is 19.1 Å². The van der Waals surface area contributed by atoms with Gasteiger partial charge in [-0.1, -0.05) is 6.92 Å². The molecule has 2 aromatic heterocycles. The molecule has 12 heteroatoms. The lowest BCUT2D eigenvalue weighted by Gasteiger charge is -2.35. The average Bonchev–Trinajstić information content (AvgIpc) is 3.41. The Balaban J connectivity index is 1.42. The number of carbonyl (C=O) groups is 1. The number of nitro groups is 1. The van der Waals surface area contributed by atoms with Crippen LogP contribution in [-0.2, 0) is 6.42 Å². The number of ether oxygens (including phenoxy) is 2. The van der Waals surface area contributed by atoms with E-state index in [2.05, 4.69) is 21.7 Å². The Morgan fingerprint density at radius 1 is 1.02 bits per heavy atom. The molecular formula is C29H28F2N4O6. The van der Waals surface area contributed by atoms with E-state index in [1.807, 2.05) is 6.07 Å². The van der Waals surface area contributed by atoms with Crippen LogP contribution >= 0.6 is 0 Å². The molecule has 0 unspecified atom stereocenters. The van der Waals surface area contributed by atoms with Crippen molar-refractivity contribution in [2.75, 3.05) is 51.8 Å². The number of nitro benzene ring substituents is 1. The van der Waals surface area contributed by atoms with Gasteiger partial charge in [-0.3, -0.25) is 14.9 Å². The van der Waals surface area contributed by atoms with Crippen molar-refractivity contribution in [2.24, 2.45) is 0 Å². The summed E-state index contributed by atoms with van der Waals surface area (Å²) in [6, 6.07) is 10.7. The zero-order valence-corrected chi connectivity index (χ0v) is 22.8. The second-order valence-electron chi connectivity index (χ2n) is 9.58. The number of likely N-dealkylation sites (N-methyl/N-ethyl adjacent to an activating group) is 1. The van der Waals surface area contributed by atoms with Crippen molar-refractivity contribution in [3.63, 3.8) is 0 Å². The fourth-order valence-corrected chi connectivity index (χ4v) is 4.97. The highest BCUT2D eigenvalue weighted by molar-refractivity contribution is 6.09. The molecule has 4 aromatic rings. The molecule has 0 N–H and O–H groups in total. The summed E-state index contributed by atoms with van der Waals surface area (Å²) in [6.07, 6.45) is 0.154. The number of pyridine rings is 1. The molecule has 2 aromatic carbocycles. The minimum atomic E-state index is -1.19. The number of furan rings is 1. The summed E-state index contributed by atoms with van der Waals surface area (Å²) in [5.74, 6) is -4.49. The number of halogens is 2. The van der Waals surface area contributed by atoms with E-state index in [0.29, 0.717) is 11.3 Å². The van der Waals surface area contributed by atoms with Gasteiger partial charge in [-0.2, -0.15) is 0 Å². The highest BCUT2D eigenvalue weighted by Gasteiger charge is 2.29. The number of rotatable bonds is 9. The number of benzene rings is 2. The molecule has 5 rings (SSSR count). The minimum absolute atomic E-state index is 0.0108. The van der Waals surface area contributed by atoms with Gasteiger partial charge in [-0.05, 0) is 30.8 Å². The topological polar surface area (TPSA) is 111 Å². The standard InChI is InChI=1S/C29H28F2N4O6/c1-4-33-9-11-34(12-10-33)19-7-5-17(21(14-19)35(37)38)13-18-6-8-22-20(32-18)15-25(41-22)29(36)26-27(30)23(39-2)16-24(40-3)28(26)31/h5-8,14-16H,4,9-13H2,1-3H3. The minimum Gasteiger partial charge on any atom is -0.494 e. The Morgan fingerprint density at radius 2 is 1.71 bits per heavy atom. The average molecular weight is 567 g/mol. The molecule has 0 aliphatic carbocycles. The van der Waals surface area contributed by atoms with Gasteiger partial charge >= 0.3 is 0 Å². The summed E-state index contributed by atoms with van der Waals surface area (Å²) in [4.78, 5) is 33.6. The molecule has 1 fully saturated rings. The molecule has 3 heterocycles. The molecule has 0 radical (unpaired) electrons. The third-order valence-electron chi connectivity index (χ3n) is 7.28. The number of piperazine rings is 1. The molecular weight excluding hydrogens is 538 g/mol. The molecule has 41 heavy (non-hydrogen) atoms. The molecule has 0 spiro atoms. The zero-order chi connectivity index (χ0) is 29.3. The number of ketones is 1. The SMILES string of the molecule is CCN1CCN(c2ccc(Cc3ccc4oc(C(=O)c5c(F)c(OC)cc(OC)c5F)cc4n3)c([N+](=O)[O-])c2)CC1. The summed E-state index contributed by atoms with van der Waals surface area (Å²) < 4.78 is 45.1. The predicted molar refractivity (Wildman–Crippen MR) is 147 cm³/mol. The Hall–Kier alpha value is -4.58. The van der Waals surface area contributed by atoms with Crippen LogP contribution in [0.3, 0.4) is 0 Å². The summed E-state index contributed by atoms with van der Waals surface area (Å²) >= 11 is 0. The number of anilines is 1. The molecule has 1 aliphatic heterocycles. The van der Waals surface area contributed by atoms with Crippen LogP contribution < -0.4 is 14.4 Å². The van der Waals surface area contributed by atoms with Crippen LogP contribution in [0.5, 0.6) is 11.5 Å². The van der Waals surface area contributed by atoms with Crippen molar-refractivity contribution >= 4 is 28.3 Å². The highest BCUT2D eigenvalue weighted by atomic mass is 19.1. The lowest BCUT2D eigenvalue weighted by molar-refractivity contribution is -0.385. The smallest absolute Gasteiger partial charge is 0.275 e. The van der Waals surface area contributed by atoms with E-state index in [9.17, 15) is 23.7 Å². The maximum Gasteiger partial charge on any atom is 0.275 e. The van der Waals surface area contributed by atoms with Crippen molar-refractivity contribution in [3.05, 3.63) is 86.8 Å². The van der Waals surface area contributed by atoms with Gasteiger partial charge in [0.25, 0.3) is 5.69 Å². The highest BCUT2D eigenvalue weighted by Crippen LogP contribution is 2.34. The third-order valence-corrected chi connectivity index (χ3v) is 7.28. The van der Waals surface area contributed by atoms with E-state index in [0.717, 1.165) is 44.5 Å². The molecule has 0 amide bonds. The first-order chi connectivity index (χ1) is 19.7. The quantitative estimate of drug-likeness (QED) is 0.157. The Bertz CT molecular complexity index is 1600. The van der Waals surface area contributed by atoms with Gasteiger partial charge in [0.15, 0.2) is 34.5 Å². The second-order valence-corrected chi connectivity index (χ2v) is 9.58. The number of aromatic nitrogens is 1. The van der Waals surface area contributed by atoms with E-state index in [1.54, 1.807) is 24.3 Å². The molecule has 0 atom stereocenters. The zero-order valence-electron chi connectivity index (χ0n) is 22.8. The summed E-state index contributed by atoms with van der Waals surface area (Å²) in [6.45, 7) is 6.47. The third kappa shape index (κ3) is 5.42. The summed E-state index contributed by atoms with van der Waals surface area (Å²) in [5, 5.41) is 11.9. The van der Waals surface area contributed by atoms with E-state index < -0.39 is 27.9 Å². The monoisotopic (exact) mass is 566 g/mol. The van der Waals surface area contributed by atoms with Crippen LogP contribution in [0.15, 0.2) is 46.9 Å². The van der Waals surface area contributed by atoms with Crippen LogP contribution in [0, 0.1) is 21.7 Å². The molecule has 214 valence electrons. The van der Waals surface area contributed by atoms with Gasteiger partial charge in [0.2, 0.25) is 5.78 Å². The van der Waals surface area contributed by atoms with Crippen LogP contribution in [0.25, 0.3) is 11.1 Å². The molecule has 1 aliphatic rings. The van der Waals surface area contributed by atoms with E-state index >= 15 is 0 Å². The molecule has 0 saturated carbocycles. The molecule has 0 bridgehead atoms. The fraction of sp³-hybridized carbons (Fsp3) is 0.310. The number of hydrogen-bond donors (Lipinski definition) is 0. The summed E-state index contributed by atoms with van der Waals surface area (Å²) in [5.41, 5.74) is 1.34. The molecule has 10 nitrogen and oxygen atoms in total. The number of carbonyl (C=O) groups excluding carboxylic acids is 1. The number of nitrogens with zero attached hydrogens (tertiary/aromatic N) is 4. The Labute approximate surface area is 234 Å². The lowest BCUT2D eigenvalue weighted by atomic mass is 10.0. The number of hydrogen-bond acceptors (Lipinski definition) is 9. The van der Waals surface area contributed by atoms with Crippen molar-refractivity contribution in [1.29, 1.82) is 0 Å². The van der Waals surface area contributed by atoms with Crippen LogP contribution in [-0.4, -0.2) is 67.5 Å². The first kappa shape index (κ1) is 28.0. The first-order valence-corrected chi connectivity index (χ1v) is 13.0. The van der Waals surface area contributed by atoms with Crippen LogP contribution in [0.2, 0.25) is 0 Å². The maximum absolute atomic E-state index is 14.9.